The number of nitrogens with one attached hydrogen (secondary N) is 1. The highest BCUT2D eigenvalue weighted by atomic mass is 35.5. The van der Waals surface area contributed by atoms with E-state index in [1.807, 2.05) is 18.5 Å². The summed E-state index contributed by atoms with van der Waals surface area (Å²) in [5.74, 6) is 0. The molecule has 1 fully saturated rings. The van der Waals surface area contributed by atoms with Gasteiger partial charge in [0.1, 0.15) is 0 Å². The lowest BCUT2D eigenvalue weighted by molar-refractivity contribution is 0.244. The number of rotatable bonds is 3. The number of nitrogens with zero attached hydrogens (tertiary/aromatic N) is 2. The van der Waals surface area contributed by atoms with Gasteiger partial charge in [0.05, 0.1) is 10.4 Å². The molecule has 0 bridgehead atoms. The van der Waals surface area contributed by atoms with Gasteiger partial charge in [0, 0.05) is 36.9 Å². The van der Waals surface area contributed by atoms with Crippen LogP contribution < -0.4 is 5.32 Å². The Hall–Kier alpha value is -0.940. The number of hydrogen-bond donors (Lipinski definition) is 1. The predicted octanol–water partition coefficient (Wildman–Crippen LogP) is 3.18. The molecular weight excluding hydrogens is 290 g/mol. The molecule has 1 saturated heterocycles. The minimum Gasteiger partial charge on any atom is -0.315 e. The number of thiophene rings is 1. The molecule has 0 spiro atoms. The smallest absolute Gasteiger partial charge is 0.0931 e. The molecule has 3 rings (SSSR count). The molecule has 20 heavy (non-hydrogen) atoms. The first-order chi connectivity index (χ1) is 9.84. The van der Waals surface area contributed by atoms with Gasteiger partial charge in [0.25, 0.3) is 0 Å². The number of halogens is 1. The average molecular weight is 308 g/mol. The van der Waals surface area contributed by atoms with Crippen LogP contribution in [0.4, 0.5) is 0 Å². The van der Waals surface area contributed by atoms with Gasteiger partial charge in [0.15, 0.2) is 0 Å². The summed E-state index contributed by atoms with van der Waals surface area (Å²) in [6.45, 7) is 4.31. The minimum absolute atomic E-state index is 0.287. The molecule has 0 radical (unpaired) electrons. The second-order valence-corrected chi connectivity index (χ2v) is 6.71. The topological polar surface area (TPSA) is 28.2 Å². The molecule has 2 aromatic heterocycles. The van der Waals surface area contributed by atoms with Crippen molar-refractivity contribution < 1.29 is 0 Å². The van der Waals surface area contributed by atoms with Gasteiger partial charge in [-0.05, 0) is 42.8 Å². The lowest BCUT2D eigenvalue weighted by Gasteiger charge is -2.30. The standard InChI is InChI=1S/C15H18ClN3S/c16-14-3-2-13(20-14)15(12-4-7-18-8-5-12)19-10-1-6-17-9-11-19/h2-5,7-8,15,17H,1,6,9-11H2. The van der Waals surface area contributed by atoms with Crippen molar-refractivity contribution in [1.82, 2.24) is 15.2 Å². The highest BCUT2D eigenvalue weighted by Crippen LogP contribution is 2.35. The molecule has 1 unspecified atom stereocenters. The fourth-order valence-corrected chi connectivity index (χ4v) is 3.93. The number of aromatic nitrogens is 1. The second kappa shape index (κ2) is 6.68. The van der Waals surface area contributed by atoms with E-state index in [2.05, 4.69) is 33.4 Å². The Morgan fingerprint density at radius 3 is 2.75 bits per heavy atom. The van der Waals surface area contributed by atoms with E-state index in [0.717, 1.165) is 30.5 Å². The highest BCUT2D eigenvalue weighted by Gasteiger charge is 2.24. The Morgan fingerprint density at radius 1 is 1.15 bits per heavy atom. The molecule has 3 nitrogen and oxygen atoms in total. The fraction of sp³-hybridized carbons (Fsp3) is 0.400. The van der Waals surface area contributed by atoms with Crippen LogP contribution in [0.3, 0.4) is 0 Å². The Balaban J connectivity index is 1.94. The quantitative estimate of drug-likeness (QED) is 0.944. The van der Waals surface area contributed by atoms with Gasteiger partial charge < -0.3 is 5.32 Å². The first kappa shape index (κ1) is 14.0. The van der Waals surface area contributed by atoms with E-state index in [-0.39, 0.29) is 6.04 Å². The molecule has 1 N–H and O–H groups in total. The summed E-state index contributed by atoms with van der Waals surface area (Å²) in [4.78, 5) is 7.98. The molecule has 2 aromatic rings. The summed E-state index contributed by atoms with van der Waals surface area (Å²) in [6.07, 6.45) is 4.92. The van der Waals surface area contributed by atoms with Crippen LogP contribution in [0.1, 0.15) is 22.9 Å². The van der Waals surface area contributed by atoms with Gasteiger partial charge in [-0.1, -0.05) is 11.6 Å². The van der Waals surface area contributed by atoms with Crippen LogP contribution >= 0.6 is 22.9 Å². The molecule has 0 saturated carbocycles. The zero-order valence-corrected chi connectivity index (χ0v) is 12.8. The largest absolute Gasteiger partial charge is 0.315 e. The van der Waals surface area contributed by atoms with Gasteiger partial charge >= 0.3 is 0 Å². The number of pyridine rings is 1. The summed E-state index contributed by atoms with van der Waals surface area (Å²) < 4.78 is 0.854. The van der Waals surface area contributed by atoms with Crippen LogP contribution in [-0.4, -0.2) is 36.1 Å². The maximum atomic E-state index is 6.14. The molecular formula is C15H18ClN3S. The fourth-order valence-electron chi connectivity index (χ4n) is 2.70. The normalized spacial score (nSPS) is 18.6. The average Bonchev–Trinajstić information content (AvgIpc) is 2.74. The highest BCUT2D eigenvalue weighted by molar-refractivity contribution is 7.16. The lowest BCUT2D eigenvalue weighted by Crippen LogP contribution is -2.32. The molecule has 5 heteroatoms. The van der Waals surface area contributed by atoms with Crippen molar-refractivity contribution in [3.8, 4) is 0 Å². The van der Waals surface area contributed by atoms with Crippen LogP contribution in [0.25, 0.3) is 0 Å². The van der Waals surface area contributed by atoms with Crippen LogP contribution in [0.5, 0.6) is 0 Å². The van der Waals surface area contributed by atoms with Crippen molar-refractivity contribution in [1.29, 1.82) is 0 Å². The molecule has 0 aromatic carbocycles. The molecule has 1 aliphatic heterocycles. The molecule has 1 atom stereocenters. The third-order valence-corrected chi connectivity index (χ3v) is 4.91. The first-order valence-corrected chi connectivity index (χ1v) is 8.14. The zero-order chi connectivity index (χ0) is 13.8. The van der Waals surface area contributed by atoms with Crippen molar-refractivity contribution >= 4 is 22.9 Å². The summed E-state index contributed by atoms with van der Waals surface area (Å²) in [5, 5.41) is 3.46. The number of hydrogen-bond acceptors (Lipinski definition) is 4. The Labute approximate surface area is 128 Å². The van der Waals surface area contributed by atoms with Crippen molar-refractivity contribution in [2.24, 2.45) is 0 Å². The maximum Gasteiger partial charge on any atom is 0.0931 e. The van der Waals surface area contributed by atoms with Gasteiger partial charge in [-0.3, -0.25) is 9.88 Å². The van der Waals surface area contributed by atoms with E-state index in [1.165, 1.54) is 16.9 Å². The van der Waals surface area contributed by atoms with Gasteiger partial charge in [-0.25, -0.2) is 0 Å². The van der Waals surface area contributed by atoms with Crippen LogP contribution in [0, 0.1) is 0 Å². The van der Waals surface area contributed by atoms with E-state index in [0.29, 0.717) is 0 Å². The van der Waals surface area contributed by atoms with Crippen LogP contribution in [-0.2, 0) is 0 Å². The predicted molar refractivity (Wildman–Crippen MR) is 84.5 cm³/mol. The van der Waals surface area contributed by atoms with E-state index in [4.69, 9.17) is 11.6 Å². The molecule has 0 aliphatic carbocycles. The van der Waals surface area contributed by atoms with E-state index >= 15 is 0 Å². The summed E-state index contributed by atoms with van der Waals surface area (Å²) in [7, 11) is 0. The summed E-state index contributed by atoms with van der Waals surface area (Å²) in [6, 6.07) is 8.64. The lowest BCUT2D eigenvalue weighted by atomic mass is 10.0. The molecule has 106 valence electrons. The monoisotopic (exact) mass is 307 g/mol. The third kappa shape index (κ3) is 3.20. The summed E-state index contributed by atoms with van der Waals surface area (Å²) in [5.41, 5.74) is 1.29. The zero-order valence-electron chi connectivity index (χ0n) is 11.3. The van der Waals surface area contributed by atoms with Gasteiger partial charge in [0.2, 0.25) is 0 Å². The van der Waals surface area contributed by atoms with Crippen molar-refractivity contribution in [2.45, 2.75) is 12.5 Å². The second-order valence-electron chi connectivity index (χ2n) is 4.96. The van der Waals surface area contributed by atoms with E-state index < -0.39 is 0 Å². The van der Waals surface area contributed by atoms with Gasteiger partial charge in [-0.15, -0.1) is 11.3 Å². The SMILES string of the molecule is Clc1ccc(C(c2ccncc2)N2CCCNCC2)s1. The molecule has 3 heterocycles. The van der Waals surface area contributed by atoms with Crippen LogP contribution in [0.15, 0.2) is 36.7 Å². The van der Waals surface area contributed by atoms with Crippen molar-refractivity contribution in [3.05, 3.63) is 51.4 Å². The Morgan fingerprint density at radius 2 is 2.00 bits per heavy atom. The molecule has 0 amide bonds. The van der Waals surface area contributed by atoms with Gasteiger partial charge in [-0.2, -0.15) is 0 Å². The van der Waals surface area contributed by atoms with Crippen LogP contribution in [0.2, 0.25) is 4.34 Å². The maximum absolute atomic E-state index is 6.14. The van der Waals surface area contributed by atoms with Crippen molar-refractivity contribution in [2.75, 3.05) is 26.2 Å². The third-order valence-electron chi connectivity index (χ3n) is 3.63. The van der Waals surface area contributed by atoms with E-state index in [9.17, 15) is 0 Å². The Kier molecular flexibility index (Phi) is 4.68. The first-order valence-electron chi connectivity index (χ1n) is 6.94. The van der Waals surface area contributed by atoms with Crippen molar-refractivity contribution in [3.63, 3.8) is 0 Å². The molecule has 1 aliphatic rings. The van der Waals surface area contributed by atoms with E-state index in [1.54, 1.807) is 11.3 Å². The summed E-state index contributed by atoms with van der Waals surface area (Å²) >= 11 is 7.81. The minimum atomic E-state index is 0.287. The Bertz CT molecular complexity index is 535.